The summed E-state index contributed by atoms with van der Waals surface area (Å²) in [4.78, 5) is 10.7. The van der Waals surface area contributed by atoms with Gasteiger partial charge in [-0.05, 0) is 13.0 Å². The van der Waals surface area contributed by atoms with E-state index < -0.39 is 21.2 Å². The highest BCUT2D eigenvalue weighted by molar-refractivity contribution is 7.90. The molecule has 20 heavy (non-hydrogen) atoms. The summed E-state index contributed by atoms with van der Waals surface area (Å²) in [6, 6.07) is 4.92. The fourth-order valence-corrected chi connectivity index (χ4v) is 2.31. The molecule has 2 N–H and O–H groups in total. The maximum Gasteiger partial charge on any atom is 0.323 e. The average molecular weight is 303 g/mol. The molecule has 0 aliphatic heterocycles. The van der Waals surface area contributed by atoms with Crippen LogP contribution in [-0.4, -0.2) is 39.0 Å². The third kappa shape index (κ3) is 3.84. The van der Waals surface area contributed by atoms with E-state index in [9.17, 15) is 13.2 Å². The Labute approximate surface area is 117 Å². The van der Waals surface area contributed by atoms with E-state index in [-0.39, 0.29) is 6.54 Å². The minimum absolute atomic E-state index is 0.0624. The molecule has 1 aromatic rings. The van der Waals surface area contributed by atoms with E-state index in [1.54, 1.807) is 18.2 Å². The molecule has 0 radical (unpaired) electrons. The Morgan fingerprint density at radius 2 is 2.00 bits per heavy atom. The summed E-state index contributed by atoms with van der Waals surface area (Å²) in [6.45, 7) is 1.04. The van der Waals surface area contributed by atoms with Crippen LogP contribution in [0.5, 0.6) is 11.5 Å². The van der Waals surface area contributed by atoms with E-state index in [1.165, 1.54) is 14.2 Å². The van der Waals surface area contributed by atoms with Crippen molar-refractivity contribution in [1.82, 2.24) is 4.72 Å². The first kappa shape index (κ1) is 16.3. The second-order valence-corrected chi connectivity index (χ2v) is 6.11. The van der Waals surface area contributed by atoms with Gasteiger partial charge in [0.05, 0.1) is 14.2 Å². The molecule has 0 fully saturated rings. The van der Waals surface area contributed by atoms with E-state index >= 15 is 0 Å². The molecule has 1 atom stereocenters. The first-order valence-corrected chi connectivity index (χ1v) is 7.28. The number of sulfonamides is 1. The molecule has 1 unspecified atom stereocenters. The van der Waals surface area contributed by atoms with Gasteiger partial charge in [-0.15, -0.1) is 0 Å². The third-order valence-corrected chi connectivity index (χ3v) is 4.45. The number of ether oxygens (including phenoxy) is 2. The zero-order valence-electron chi connectivity index (χ0n) is 11.4. The molecule has 1 rings (SSSR count). The van der Waals surface area contributed by atoms with Crippen molar-refractivity contribution < 1.29 is 27.8 Å². The molecule has 0 aliphatic rings. The number of carbonyl (C=O) groups is 1. The number of nitrogens with one attached hydrogen (secondary N) is 1. The summed E-state index contributed by atoms with van der Waals surface area (Å²) >= 11 is 0. The number of carboxylic acids is 1. The average Bonchev–Trinajstić information content (AvgIpc) is 2.43. The lowest BCUT2D eigenvalue weighted by molar-refractivity contribution is -0.136. The lowest BCUT2D eigenvalue weighted by Gasteiger charge is -2.13. The highest BCUT2D eigenvalue weighted by Gasteiger charge is 2.27. The number of aliphatic carboxylic acids is 1. The molecule has 1 aromatic carbocycles. The van der Waals surface area contributed by atoms with E-state index in [2.05, 4.69) is 4.72 Å². The minimum Gasteiger partial charge on any atom is -0.497 e. The standard InChI is InChI=1S/C12H17NO6S/c1-8(12(14)15)20(16,17)13-7-9-4-5-10(18-2)6-11(9)19-3/h4-6,8,13H,7H2,1-3H3,(H,14,15). The van der Waals surface area contributed by atoms with Gasteiger partial charge in [-0.2, -0.15) is 0 Å². The van der Waals surface area contributed by atoms with Crippen LogP contribution in [0.25, 0.3) is 0 Å². The molecule has 8 heteroatoms. The maximum absolute atomic E-state index is 11.7. The predicted molar refractivity (Wildman–Crippen MR) is 72.4 cm³/mol. The zero-order valence-corrected chi connectivity index (χ0v) is 12.2. The van der Waals surface area contributed by atoms with Gasteiger partial charge >= 0.3 is 5.97 Å². The molecule has 7 nitrogen and oxygen atoms in total. The van der Waals surface area contributed by atoms with Crippen molar-refractivity contribution in [3.8, 4) is 11.5 Å². The minimum atomic E-state index is -3.93. The van der Waals surface area contributed by atoms with Gasteiger partial charge < -0.3 is 14.6 Å². The summed E-state index contributed by atoms with van der Waals surface area (Å²) in [5.41, 5.74) is 0.578. The Morgan fingerprint density at radius 3 is 2.50 bits per heavy atom. The Morgan fingerprint density at radius 1 is 1.35 bits per heavy atom. The quantitative estimate of drug-likeness (QED) is 0.764. The van der Waals surface area contributed by atoms with Crippen LogP contribution in [0, 0.1) is 0 Å². The van der Waals surface area contributed by atoms with Crippen LogP contribution < -0.4 is 14.2 Å². The summed E-state index contributed by atoms with van der Waals surface area (Å²) in [5, 5.41) is 7.20. The van der Waals surface area contributed by atoms with Crippen LogP contribution in [0.4, 0.5) is 0 Å². The SMILES string of the molecule is COc1ccc(CNS(=O)(=O)C(C)C(=O)O)c(OC)c1. The first-order chi connectivity index (χ1) is 9.31. The molecule has 0 saturated carbocycles. The number of rotatable bonds is 7. The number of methoxy groups -OCH3 is 2. The summed E-state index contributed by atoms with van der Waals surface area (Å²) in [7, 11) is -0.978. The highest BCUT2D eigenvalue weighted by atomic mass is 32.2. The van der Waals surface area contributed by atoms with Crippen molar-refractivity contribution in [2.24, 2.45) is 0 Å². The summed E-state index contributed by atoms with van der Waals surface area (Å²) in [6.07, 6.45) is 0. The summed E-state index contributed by atoms with van der Waals surface area (Å²) in [5.74, 6) is -0.374. The van der Waals surface area contributed by atoms with Gasteiger partial charge in [-0.3, -0.25) is 4.79 Å². The van der Waals surface area contributed by atoms with Gasteiger partial charge in [0.2, 0.25) is 10.0 Å². The topological polar surface area (TPSA) is 102 Å². The van der Waals surface area contributed by atoms with E-state index in [0.29, 0.717) is 17.1 Å². The number of benzene rings is 1. The molecule has 0 aromatic heterocycles. The second-order valence-electron chi connectivity index (χ2n) is 4.02. The Hall–Kier alpha value is -1.80. The van der Waals surface area contributed by atoms with Gasteiger partial charge in [0.1, 0.15) is 11.5 Å². The van der Waals surface area contributed by atoms with Crippen molar-refractivity contribution in [1.29, 1.82) is 0 Å². The van der Waals surface area contributed by atoms with Gasteiger partial charge in [0.25, 0.3) is 0 Å². The van der Waals surface area contributed by atoms with E-state index in [1.807, 2.05) is 0 Å². The molecule has 0 saturated heterocycles. The zero-order chi connectivity index (χ0) is 15.3. The fourth-order valence-electron chi connectivity index (χ4n) is 1.43. The third-order valence-electron chi connectivity index (χ3n) is 2.77. The van der Waals surface area contributed by atoms with Crippen LogP contribution in [-0.2, 0) is 21.4 Å². The lowest BCUT2D eigenvalue weighted by Crippen LogP contribution is -2.37. The Balaban J connectivity index is 2.87. The normalized spacial score (nSPS) is 12.8. The van der Waals surface area contributed by atoms with Crippen molar-refractivity contribution >= 4 is 16.0 Å². The first-order valence-electron chi connectivity index (χ1n) is 5.74. The molecule has 0 spiro atoms. The van der Waals surface area contributed by atoms with Crippen molar-refractivity contribution in [2.45, 2.75) is 18.7 Å². The molecule has 0 heterocycles. The number of hydrogen-bond acceptors (Lipinski definition) is 5. The highest BCUT2D eigenvalue weighted by Crippen LogP contribution is 2.24. The van der Waals surface area contributed by atoms with Crippen LogP contribution in [0.2, 0.25) is 0 Å². The molecular weight excluding hydrogens is 286 g/mol. The Kier molecular flexibility index (Phi) is 5.34. The fraction of sp³-hybridized carbons (Fsp3) is 0.417. The molecular formula is C12H17NO6S. The largest absolute Gasteiger partial charge is 0.497 e. The molecule has 0 amide bonds. The van der Waals surface area contributed by atoms with Gasteiger partial charge in [0, 0.05) is 18.2 Å². The van der Waals surface area contributed by atoms with Gasteiger partial charge in [0.15, 0.2) is 5.25 Å². The second kappa shape index (κ2) is 6.58. The Bertz CT molecular complexity index is 584. The van der Waals surface area contributed by atoms with Crippen molar-refractivity contribution in [3.63, 3.8) is 0 Å². The van der Waals surface area contributed by atoms with Crippen LogP contribution in [0.3, 0.4) is 0 Å². The number of hydrogen-bond donors (Lipinski definition) is 2. The predicted octanol–water partition coefficient (Wildman–Crippen LogP) is 0.596. The van der Waals surface area contributed by atoms with Gasteiger partial charge in [-0.1, -0.05) is 6.07 Å². The van der Waals surface area contributed by atoms with Crippen molar-refractivity contribution in [3.05, 3.63) is 23.8 Å². The number of carboxylic acid groups (broad SMARTS) is 1. The van der Waals surface area contributed by atoms with Crippen LogP contribution in [0.1, 0.15) is 12.5 Å². The van der Waals surface area contributed by atoms with Crippen LogP contribution in [0.15, 0.2) is 18.2 Å². The molecule has 0 bridgehead atoms. The maximum atomic E-state index is 11.7. The molecule has 112 valence electrons. The van der Waals surface area contributed by atoms with Crippen LogP contribution >= 0.6 is 0 Å². The van der Waals surface area contributed by atoms with Crippen molar-refractivity contribution in [2.75, 3.05) is 14.2 Å². The monoisotopic (exact) mass is 303 g/mol. The lowest BCUT2D eigenvalue weighted by atomic mass is 10.2. The smallest absolute Gasteiger partial charge is 0.323 e. The van der Waals surface area contributed by atoms with E-state index in [0.717, 1.165) is 6.92 Å². The molecule has 0 aliphatic carbocycles. The summed E-state index contributed by atoms with van der Waals surface area (Å²) < 4.78 is 35.8. The van der Waals surface area contributed by atoms with Gasteiger partial charge in [-0.25, -0.2) is 13.1 Å². The van der Waals surface area contributed by atoms with E-state index in [4.69, 9.17) is 14.6 Å².